The van der Waals surface area contributed by atoms with Crippen LogP contribution in [-0.2, 0) is 11.2 Å². The van der Waals surface area contributed by atoms with Gasteiger partial charge in [0.2, 0.25) is 0 Å². The third-order valence-corrected chi connectivity index (χ3v) is 2.46. The lowest BCUT2D eigenvalue weighted by Gasteiger charge is -2.04. The summed E-state index contributed by atoms with van der Waals surface area (Å²) in [4.78, 5) is 16.2. The molecule has 0 aromatic carbocycles. The average Bonchev–Trinajstić information content (AvgIpc) is 2.55. The predicted octanol–water partition coefficient (Wildman–Crippen LogP) is 0.992. The third-order valence-electron chi connectivity index (χ3n) is 1.69. The van der Waals surface area contributed by atoms with Crippen LogP contribution in [0.15, 0.2) is 11.7 Å². The SMILES string of the molecule is CCC(N)C(=O)Cc1cncs1. The van der Waals surface area contributed by atoms with E-state index in [0.29, 0.717) is 12.8 Å². The topological polar surface area (TPSA) is 56.0 Å². The molecule has 0 saturated carbocycles. The van der Waals surface area contributed by atoms with Gasteiger partial charge in [0, 0.05) is 17.5 Å². The van der Waals surface area contributed by atoms with Crippen molar-refractivity contribution >= 4 is 17.1 Å². The lowest BCUT2D eigenvalue weighted by Crippen LogP contribution is -2.30. The van der Waals surface area contributed by atoms with Crippen LogP contribution >= 0.6 is 11.3 Å². The van der Waals surface area contributed by atoms with Crippen LogP contribution in [-0.4, -0.2) is 16.8 Å². The van der Waals surface area contributed by atoms with Crippen LogP contribution in [0, 0.1) is 0 Å². The Hall–Kier alpha value is -0.740. The van der Waals surface area contributed by atoms with Crippen LogP contribution < -0.4 is 5.73 Å². The van der Waals surface area contributed by atoms with Crippen molar-refractivity contribution in [3.8, 4) is 0 Å². The van der Waals surface area contributed by atoms with Crippen LogP contribution in [0.5, 0.6) is 0 Å². The number of hydrogen-bond acceptors (Lipinski definition) is 4. The summed E-state index contributed by atoms with van der Waals surface area (Å²) in [5.41, 5.74) is 7.29. The van der Waals surface area contributed by atoms with E-state index in [4.69, 9.17) is 5.73 Å². The zero-order valence-corrected chi connectivity index (χ0v) is 7.80. The Morgan fingerprint density at radius 3 is 3.08 bits per heavy atom. The molecule has 0 radical (unpaired) electrons. The quantitative estimate of drug-likeness (QED) is 0.759. The molecule has 0 aliphatic rings. The van der Waals surface area contributed by atoms with Gasteiger partial charge in [-0.2, -0.15) is 0 Å². The summed E-state index contributed by atoms with van der Waals surface area (Å²) in [5, 5.41) is 0. The maximum Gasteiger partial charge on any atom is 0.154 e. The van der Waals surface area contributed by atoms with Crippen molar-refractivity contribution in [2.75, 3.05) is 0 Å². The first-order valence-corrected chi connectivity index (χ1v) is 4.77. The van der Waals surface area contributed by atoms with Crippen molar-refractivity contribution in [3.63, 3.8) is 0 Å². The van der Waals surface area contributed by atoms with Crippen molar-refractivity contribution < 1.29 is 4.79 Å². The van der Waals surface area contributed by atoms with E-state index in [1.807, 2.05) is 6.92 Å². The van der Waals surface area contributed by atoms with E-state index < -0.39 is 0 Å². The zero-order valence-electron chi connectivity index (χ0n) is 6.99. The van der Waals surface area contributed by atoms with E-state index in [1.54, 1.807) is 11.7 Å². The maximum absolute atomic E-state index is 11.3. The number of nitrogens with two attached hydrogens (primary N) is 1. The summed E-state index contributed by atoms with van der Waals surface area (Å²) in [7, 11) is 0. The number of carbonyl (C=O) groups excluding carboxylic acids is 1. The summed E-state index contributed by atoms with van der Waals surface area (Å²) >= 11 is 1.49. The fourth-order valence-corrected chi connectivity index (χ4v) is 1.46. The van der Waals surface area contributed by atoms with Gasteiger partial charge >= 0.3 is 0 Å². The molecule has 3 nitrogen and oxygen atoms in total. The molecule has 0 bridgehead atoms. The van der Waals surface area contributed by atoms with Gasteiger partial charge in [-0.05, 0) is 6.42 Å². The summed E-state index contributed by atoms with van der Waals surface area (Å²) in [5.74, 6) is 0.0988. The minimum absolute atomic E-state index is 0.0988. The van der Waals surface area contributed by atoms with Crippen molar-refractivity contribution in [2.24, 2.45) is 5.73 Å². The number of Topliss-reactive ketones (excluding diaryl/α,β-unsaturated/α-hetero) is 1. The van der Waals surface area contributed by atoms with Crippen molar-refractivity contribution in [1.29, 1.82) is 0 Å². The molecule has 1 atom stereocenters. The van der Waals surface area contributed by atoms with E-state index in [-0.39, 0.29) is 11.8 Å². The molecule has 0 fully saturated rings. The van der Waals surface area contributed by atoms with Crippen LogP contribution in [0.2, 0.25) is 0 Å². The van der Waals surface area contributed by atoms with Crippen LogP contribution in [0.3, 0.4) is 0 Å². The number of nitrogens with zero attached hydrogens (tertiary/aromatic N) is 1. The van der Waals surface area contributed by atoms with Crippen LogP contribution in [0.1, 0.15) is 18.2 Å². The highest BCUT2D eigenvalue weighted by Gasteiger charge is 2.11. The van der Waals surface area contributed by atoms with Crippen LogP contribution in [0.25, 0.3) is 0 Å². The number of hydrogen-bond donors (Lipinski definition) is 1. The van der Waals surface area contributed by atoms with Gasteiger partial charge in [0.05, 0.1) is 11.6 Å². The second kappa shape index (κ2) is 4.33. The molecule has 12 heavy (non-hydrogen) atoms. The van der Waals surface area contributed by atoms with Gasteiger partial charge in [0.15, 0.2) is 5.78 Å². The molecule has 0 aliphatic heterocycles. The normalized spacial score (nSPS) is 12.8. The number of thiazole rings is 1. The standard InChI is InChI=1S/C8H12N2OS/c1-2-7(9)8(11)3-6-4-10-5-12-6/h4-5,7H,2-3,9H2,1H3. The fourth-order valence-electron chi connectivity index (χ4n) is 0.860. The first-order chi connectivity index (χ1) is 5.74. The van der Waals surface area contributed by atoms with Crippen molar-refractivity contribution in [3.05, 3.63) is 16.6 Å². The van der Waals surface area contributed by atoms with E-state index in [0.717, 1.165) is 4.88 Å². The Morgan fingerprint density at radius 2 is 2.58 bits per heavy atom. The second-order valence-corrected chi connectivity index (χ2v) is 3.60. The first kappa shape index (κ1) is 9.35. The molecule has 1 aromatic heterocycles. The molecule has 66 valence electrons. The Bertz CT molecular complexity index is 246. The summed E-state index contributed by atoms with van der Waals surface area (Å²) in [6.45, 7) is 1.91. The Kier molecular flexibility index (Phi) is 3.37. The minimum Gasteiger partial charge on any atom is -0.322 e. The van der Waals surface area contributed by atoms with E-state index in [9.17, 15) is 4.79 Å². The molecule has 0 aliphatic carbocycles. The predicted molar refractivity (Wildman–Crippen MR) is 49.1 cm³/mol. The highest BCUT2D eigenvalue weighted by molar-refractivity contribution is 7.09. The molecule has 0 spiro atoms. The molecule has 1 rings (SSSR count). The number of aromatic nitrogens is 1. The molecule has 1 unspecified atom stereocenters. The second-order valence-electron chi connectivity index (χ2n) is 2.63. The summed E-state index contributed by atoms with van der Waals surface area (Å²) in [6.07, 6.45) is 2.85. The molecular weight excluding hydrogens is 172 g/mol. The Labute approximate surface area is 75.6 Å². The van der Waals surface area contributed by atoms with Gasteiger partial charge in [0.25, 0.3) is 0 Å². The van der Waals surface area contributed by atoms with E-state index in [2.05, 4.69) is 4.98 Å². The molecule has 1 aromatic rings. The first-order valence-electron chi connectivity index (χ1n) is 3.89. The van der Waals surface area contributed by atoms with Crippen molar-refractivity contribution in [2.45, 2.75) is 25.8 Å². The van der Waals surface area contributed by atoms with Crippen molar-refractivity contribution in [1.82, 2.24) is 4.98 Å². The highest BCUT2D eigenvalue weighted by atomic mass is 32.1. The Balaban J connectivity index is 2.47. The lowest BCUT2D eigenvalue weighted by atomic mass is 10.1. The largest absolute Gasteiger partial charge is 0.322 e. The maximum atomic E-state index is 11.3. The van der Waals surface area contributed by atoms with Gasteiger partial charge in [-0.15, -0.1) is 11.3 Å². The van der Waals surface area contributed by atoms with Gasteiger partial charge < -0.3 is 5.73 Å². The number of rotatable bonds is 4. The molecule has 0 amide bonds. The molecule has 1 heterocycles. The molecule has 0 saturated heterocycles. The summed E-state index contributed by atoms with van der Waals surface area (Å²) in [6, 6.07) is -0.313. The van der Waals surface area contributed by atoms with Gasteiger partial charge in [-0.1, -0.05) is 6.92 Å². The lowest BCUT2D eigenvalue weighted by molar-refractivity contribution is -0.119. The van der Waals surface area contributed by atoms with Gasteiger partial charge in [-0.3, -0.25) is 9.78 Å². The monoisotopic (exact) mass is 184 g/mol. The number of ketones is 1. The average molecular weight is 184 g/mol. The zero-order chi connectivity index (χ0) is 8.97. The molecular formula is C8H12N2OS. The summed E-state index contributed by atoms with van der Waals surface area (Å²) < 4.78 is 0. The van der Waals surface area contributed by atoms with Gasteiger partial charge in [-0.25, -0.2) is 0 Å². The molecule has 4 heteroatoms. The van der Waals surface area contributed by atoms with E-state index >= 15 is 0 Å². The third kappa shape index (κ3) is 2.39. The van der Waals surface area contributed by atoms with Gasteiger partial charge in [0.1, 0.15) is 0 Å². The van der Waals surface area contributed by atoms with Crippen LogP contribution in [0.4, 0.5) is 0 Å². The fraction of sp³-hybridized carbons (Fsp3) is 0.500. The smallest absolute Gasteiger partial charge is 0.154 e. The highest BCUT2D eigenvalue weighted by Crippen LogP contribution is 2.07. The minimum atomic E-state index is -0.313. The molecule has 2 N–H and O–H groups in total. The Morgan fingerprint density at radius 1 is 1.83 bits per heavy atom. The van der Waals surface area contributed by atoms with E-state index in [1.165, 1.54) is 11.3 Å². The number of carbonyl (C=O) groups is 1.